The Morgan fingerprint density at radius 1 is 1.13 bits per heavy atom. The van der Waals surface area contributed by atoms with E-state index in [0.717, 1.165) is 38.5 Å². The molecular weight excluding hydrogens is 520 g/mol. The monoisotopic (exact) mass is 542 g/mol. The highest BCUT2D eigenvalue weighted by molar-refractivity contribution is 6.31. The number of aryl methyl sites for hydroxylation is 2. The van der Waals surface area contributed by atoms with Crippen LogP contribution in [0.25, 0.3) is 28.1 Å². The summed E-state index contributed by atoms with van der Waals surface area (Å²) >= 11 is 6.51. The van der Waals surface area contributed by atoms with Gasteiger partial charge in [-0.1, -0.05) is 35.4 Å². The van der Waals surface area contributed by atoms with Gasteiger partial charge in [0.2, 0.25) is 0 Å². The zero-order chi connectivity index (χ0) is 27.3. The molecule has 6 rings (SSSR count). The first-order valence-electron chi connectivity index (χ1n) is 12.2. The Labute approximate surface area is 227 Å². The van der Waals surface area contributed by atoms with Crippen molar-refractivity contribution in [3.05, 3.63) is 93.5 Å². The topological polar surface area (TPSA) is 135 Å². The van der Waals surface area contributed by atoms with E-state index in [9.17, 15) is 14.7 Å². The molecule has 0 fully saturated rings. The van der Waals surface area contributed by atoms with Gasteiger partial charge in [-0.15, -0.1) is 5.10 Å². The molecule has 39 heavy (non-hydrogen) atoms. The van der Waals surface area contributed by atoms with Gasteiger partial charge in [-0.2, -0.15) is 4.68 Å². The lowest BCUT2D eigenvalue weighted by Crippen LogP contribution is -2.24. The molecule has 0 saturated heterocycles. The van der Waals surface area contributed by atoms with Crippen molar-refractivity contribution < 1.29 is 9.90 Å². The highest BCUT2D eigenvalue weighted by atomic mass is 35.5. The molecular formula is C27H23ClN8O3. The second-order valence-corrected chi connectivity index (χ2v) is 9.81. The summed E-state index contributed by atoms with van der Waals surface area (Å²) in [5, 5.41) is 21.0. The van der Waals surface area contributed by atoms with Crippen molar-refractivity contribution in [1.29, 1.82) is 0 Å². The number of hydrogen-bond acceptors (Lipinski definition) is 6. The second kappa shape index (κ2) is 9.52. The van der Waals surface area contributed by atoms with Gasteiger partial charge in [-0.25, -0.2) is 9.78 Å². The van der Waals surface area contributed by atoms with Crippen molar-refractivity contribution in [3.63, 3.8) is 0 Å². The smallest absolute Gasteiger partial charge is 0.411 e. The molecule has 5 aromatic rings. The highest BCUT2D eigenvalue weighted by Crippen LogP contribution is 2.36. The quantitative estimate of drug-likeness (QED) is 0.334. The number of pyridine rings is 1. The van der Waals surface area contributed by atoms with Crippen LogP contribution in [0.1, 0.15) is 29.5 Å². The zero-order valence-corrected chi connectivity index (χ0v) is 21.8. The van der Waals surface area contributed by atoms with E-state index < -0.39 is 6.09 Å². The summed E-state index contributed by atoms with van der Waals surface area (Å²) < 4.78 is 3.35. The van der Waals surface area contributed by atoms with Gasteiger partial charge in [0.15, 0.2) is 5.15 Å². The fourth-order valence-corrected chi connectivity index (χ4v) is 5.29. The predicted molar refractivity (Wildman–Crippen MR) is 146 cm³/mol. The summed E-state index contributed by atoms with van der Waals surface area (Å²) in [6.07, 6.45) is 1.87. The fraction of sp³-hybridized carbons (Fsp3) is 0.185. The number of anilines is 1. The van der Waals surface area contributed by atoms with Gasteiger partial charge in [0.25, 0.3) is 5.56 Å². The van der Waals surface area contributed by atoms with E-state index in [1.165, 1.54) is 13.4 Å². The molecule has 196 valence electrons. The summed E-state index contributed by atoms with van der Waals surface area (Å²) in [6.45, 7) is 2.00. The Morgan fingerprint density at radius 2 is 1.92 bits per heavy atom. The molecule has 0 saturated carbocycles. The Balaban J connectivity index is 1.35. The SMILES string of the molecule is Cc1ccc(-n2cnnn2)c(-c2cc3n(c(=O)c2)[C@H](c2nc(Cl)c(-c4ccc(N(C)C(=O)O)cc4)[nH]2)CC3)c1. The Kier molecular flexibility index (Phi) is 5.99. The van der Waals surface area contributed by atoms with E-state index >= 15 is 0 Å². The Bertz CT molecular complexity index is 1760. The minimum absolute atomic E-state index is 0.135. The number of amides is 1. The molecule has 2 aromatic carbocycles. The number of benzene rings is 2. The highest BCUT2D eigenvalue weighted by Gasteiger charge is 2.29. The number of fused-ring (bicyclic) bond motifs is 1. The molecule has 11 nitrogen and oxygen atoms in total. The van der Waals surface area contributed by atoms with Crippen molar-refractivity contribution >= 4 is 23.4 Å². The number of nitrogens with zero attached hydrogens (tertiary/aromatic N) is 7. The number of carbonyl (C=O) groups is 1. The number of H-pyrrole nitrogens is 1. The minimum atomic E-state index is -1.05. The zero-order valence-electron chi connectivity index (χ0n) is 21.0. The summed E-state index contributed by atoms with van der Waals surface area (Å²) in [5.74, 6) is 0.597. The van der Waals surface area contributed by atoms with Crippen LogP contribution in [0.15, 0.2) is 65.7 Å². The van der Waals surface area contributed by atoms with Crippen LogP contribution in [-0.2, 0) is 6.42 Å². The first kappa shape index (κ1) is 24.6. The first-order chi connectivity index (χ1) is 18.8. The molecule has 1 aliphatic rings. The third-order valence-corrected chi connectivity index (χ3v) is 7.29. The lowest BCUT2D eigenvalue weighted by molar-refractivity contribution is 0.203. The number of nitrogens with one attached hydrogen (secondary N) is 1. The molecule has 0 bridgehead atoms. The van der Waals surface area contributed by atoms with Gasteiger partial charge in [-0.3, -0.25) is 9.69 Å². The fourth-order valence-electron chi connectivity index (χ4n) is 5.04. The molecule has 4 heterocycles. The number of aromatic amines is 1. The van der Waals surface area contributed by atoms with Crippen molar-refractivity contribution in [2.75, 3.05) is 11.9 Å². The molecule has 3 aromatic heterocycles. The minimum Gasteiger partial charge on any atom is -0.465 e. The Hall–Kier alpha value is -4.77. The van der Waals surface area contributed by atoms with Crippen LogP contribution in [0.3, 0.4) is 0 Å². The van der Waals surface area contributed by atoms with Crippen LogP contribution in [-0.4, -0.2) is 53.0 Å². The third-order valence-electron chi connectivity index (χ3n) is 7.02. The standard InChI is InChI=1S/C27H23ClN8O3/c1-15-3-9-21(35-14-29-32-33-35)20(11-15)17-12-19-8-10-22(36(19)23(37)13-17)26-30-24(25(28)31-26)16-4-6-18(7-5-16)34(2)27(38)39/h3-7,9,11-14,22H,8,10H2,1-2H3,(H,30,31)(H,38,39)/t22-/m0/s1. The van der Waals surface area contributed by atoms with Crippen LogP contribution in [0, 0.1) is 6.92 Å². The normalized spacial score (nSPS) is 14.4. The Morgan fingerprint density at radius 3 is 2.64 bits per heavy atom. The molecule has 1 aliphatic heterocycles. The van der Waals surface area contributed by atoms with Crippen LogP contribution in [0.4, 0.5) is 10.5 Å². The molecule has 1 amide bonds. The maximum atomic E-state index is 13.5. The lowest BCUT2D eigenvalue weighted by atomic mass is 10.0. The van der Waals surface area contributed by atoms with Gasteiger partial charge < -0.3 is 14.7 Å². The summed E-state index contributed by atoms with van der Waals surface area (Å²) in [5.41, 5.74) is 6.18. The van der Waals surface area contributed by atoms with Crippen molar-refractivity contribution in [2.45, 2.75) is 25.8 Å². The number of imidazole rings is 1. The average Bonchev–Trinajstić information content (AvgIpc) is 3.68. The van der Waals surface area contributed by atoms with Crippen LogP contribution in [0.2, 0.25) is 5.15 Å². The van der Waals surface area contributed by atoms with Gasteiger partial charge in [0, 0.05) is 35.6 Å². The predicted octanol–water partition coefficient (Wildman–Crippen LogP) is 4.49. The van der Waals surface area contributed by atoms with Gasteiger partial charge >= 0.3 is 6.09 Å². The summed E-state index contributed by atoms with van der Waals surface area (Å²) in [7, 11) is 1.48. The number of rotatable bonds is 5. The van der Waals surface area contributed by atoms with E-state index in [-0.39, 0.29) is 16.8 Å². The molecule has 2 N–H and O–H groups in total. The molecule has 0 aliphatic carbocycles. The van der Waals surface area contributed by atoms with Gasteiger partial charge in [-0.05, 0) is 66.1 Å². The molecule has 0 unspecified atom stereocenters. The maximum Gasteiger partial charge on any atom is 0.411 e. The first-order valence-corrected chi connectivity index (χ1v) is 12.6. The van der Waals surface area contributed by atoms with E-state index in [2.05, 4.69) is 25.5 Å². The number of halogens is 1. The van der Waals surface area contributed by atoms with E-state index in [1.54, 1.807) is 39.6 Å². The van der Waals surface area contributed by atoms with Crippen molar-refractivity contribution in [3.8, 4) is 28.1 Å². The molecule has 0 radical (unpaired) electrons. The third kappa shape index (κ3) is 4.36. The average molecular weight is 543 g/mol. The number of hydrogen-bond donors (Lipinski definition) is 2. The molecule has 12 heteroatoms. The molecule has 0 spiro atoms. The van der Waals surface area contributed by atoms with Gasteiger partial charge in [0.1, 0.15) is 12.2 Å². The van der Waals surface area contributed by atoms with Crippen LogP contribution >= 0.6 is 11.6 Å². The largest absolute Gasteiger partial charge is 0.465 e. The summed E-state index contributed by atoms with van der Waals surface area (Å²) in [6, 6.07) is 16.3. The maximum absolute atomic E-state index is 13.5. The lowest BCUT2D eigenvalue weighted by Gasteiger charge is -2.15. The number of tetrazole rings is 1. The number of carboxylic acid groups (broad SMARTS) is 1. The van der Waals surface area contributed by atoms with Crippen molar-refractivity contribution in [2.24, 2.45) is 0 Å². The van der Waals surface area contributed by atoms with E-state index in [0.29, 0.717) is 30.0 Å². The second-order valence-electron chi connectivity index (χ2n) is 9.45. The molecule has 1 atom stereocenters. The van der Waals surface area contributed by atoms with E-state index in [4.69, 9.17) is 11.6 Å². The van der Waals surface area contributed by atoms with Gasteiger partial charge in [0.05, 0.1) is 17.4 Å². The van der Waals surface area contributed by atoms with Crippen molar-refractivity contribution in [1.82, 2.24) is 34.7 Å². The van der Waals surface area contributed by atoms with Crippen LogP contribution < -0.4 is 10.5 Å². The number of aromatic nitrogens is 7. The van der Waals surface area contributed by atoms with E-state index in [1.807, 2.05) is 31.2 Å². The summed E-state index contributed by atoms with van der Waals surface area (Å²) in [4.78, 5) is 33.7. The van der Waals surface area contributed by atoms with Crippen LogP contribution in [0.5, 0.6) is 0 Å².